The Morgan fingerprint density at radius 1 is 1.36 bits per heavy atom. The molecule has 3 amide bonds. The lowest BCUT2D eigenvalue weighted by atomic mass is 9.90. The van der Waals surface area contributed by atoms with Crippen LogP contribution in [0.25, 0.3) is 6.08 Å². The van der Waals surface area contributed by atoms with E-state index in [-0.39, 0.29) is 17.7 Å². The summed E-state index contributed by atoms with van der Waals surface area (Å²) in [6, 6.07) is 0. The van der Waals surface area contributed by atoms with Crippen molar-refractivity contribution < 1.29 is 14.4 Å². The summed E-state index contributed by atoms with van der Waals surface area (Å²) >= 11 is 2.05. The molecule has 2 rings (SSSR count). The minimum absolute atomic E-state index is 0.0554. The predicted molar refractivity (Wildman–Crippen MR) is 88.5 cm³/mol. The van der Waals surface area contributed by atoms with Crippen molar-refractivity contribution >= 4 is 46.4 Å². The summed E-state index contributed by atoms with van der Waals surface area (Å²) in [4.78, 5) is 43.8. The maximum atomic E-state index is 12.3. The second-order valence-corrected chi connectivity index (χ2v) is 7.08. The smallest absolute Gasteiger partial charge is 0.277 e. The maximum Gasteiger partial charge on any atom is 0.277 e. The van der Waals surface area contributed by atoms with Gasteiger partial charge in [0.05, 0.1) is 5.69 Å². The van der Waals surface area contributed by atoms with Crippen molar-refractivity contribution in [2.75, 3.05) is 6.54 Å². The molecular weight excluding hydrogens is 399 g/mol. The van der Waals surface area contributed by atoms with Crippen molar-refractivity contribution in [1.29, 1.82) is 0 Å². The summed E-state index contributed by atoms with van der Waals surface area (Å²) in [6.07, 6.45) is 1.51. The molecule has 0 unspecified atom stereocenters. The van der Waals surface area contributed by atoms with Crippen LogP contribution in [0.1, 0.15) is 39.1 Å². The fraction of sp³-hybridized carbons (Fsp3) is 0.429. The number of carbonyl (C=O) groups excluding carboxylic acids is 3. The largest absolute Gasteiger partial charge is 0.336 e. The fourth-order valence-corrected chi connectivity index (χ4v) is 2.66. The van der Waals surface area contributed by atoms with Gasteiger partial charge in [0, 0.05) is 18.0 Å². The predicted octanol–water partition coefficient (Wildman–Crippen LogP) is 1.16. The van der Waals surface area contributed by atoms with E-state index in [0.29, 0.717) is 9.53 Å². The molecule has 0 radical (unpaired) electrons. The Morgan fingerprint density at radius 3 is 2.55 bits per heavy atom. The first-order valence-corrected chi connectivity index (χ1v) is 7.77. The number of piperazine rings is 1. The van der Waals surface area contributed by atoms with Crippen molar-refractivity contribution in [2.45, 2.75) is 33.1 Å². The number of imidazole rings is 1. The lowest BCUT2D eigenvalue weighted by Crippen LogP contribution is -2.51. The number of rotatable bonds is 1. The third-order valence-corrected chi connectivity index (χ3v) is 3.68. The summed E-state index contributed by atoms with van der Waals surface area (Å²) in [5.41, 5.74) is 1.28. The van der Waals surface area contributed by atoms with Gasteiger partial charge in [0.15, 0.2) is 3.83 Å². The average molecular weight is 416 g/mol. The standard InChI is InChI=1S/C14H17IN4O3/c1-7(20)19-6-10(21)16-9(12(19)22)5-8-11(14(2,3)4)18-13(15)17-8/h5H,6H2,1-4H3,(H,16,21)(H,17,18). The number of nitrogens with one attached hydrogen (secondary N) is 2. The molecule has 0 spiro atoms. The van der Waals surface area contributed by atoms with Crippen LogP contribution in [0, 0.1) is 3.83 Å². The summed E-state index contributed by atoms with van der Waals surface area (Å²) in [5.74, 6) is -1.38. The maximum absolute atomic E-state index is 12.3. The van der Waals surface area contributed by atoms with Crippen LogP contribution >= 0.6 is 22.6 Å². The van der Waals surface area contributed by atoms with Crippen molar-refractivity contribution in [2.24, 2.45) is 0 Å². The first kappa shape index (κ1) is 16.7. The van der Waals surface area contributed by atoms with Gasteiger partial charge >= 0.3 is 0 Å². The van der Waals surface area contributed by atoms with Crippen LogP contribution in [0.3, 0.4) is 0 Å². The molecule has 1 aromatic heterocycles. The number of H-pyrrole nitrogens is 1. The molecule has 1 aromatic rings. The number of aromatic amines is 1. The number of halogens is 1. The van der Waals surface area contributed by atoms with Crippen LogP contribution < -0.4 is 5.32 Å². The van der Waals surface area contributed by atoms with Crippen molar-refractivity contribution in [1.82, 2.24) is 20.2 Å². The van der Waals surface area contributed by atoms with Gasteiger partial charge in [0.1, 0.15) is 12.2 Å². The molecule has 0 saturated carbocycles. The Kier molecular flexibility index (Phi) is 4.41. The summed E-state index contributed by atoms with van der Waals surface area (Å²) in [7, 11) is 0. The average Bonchev–Trinajstić information content (AvgIpc) is 2.74. The van der Waals surface area contributed by atoms with Gasteiger partial charge in [-0.1, -0.05) is 20.8 Å². The lowest BCUT2D eigenvalue weighted by molar-refractivity contribution is -0.147. The van der Waals surface area contributed by atoms with Gasteiger partial charge in [-0.2, -0.15) is 0 Å². The molecule has 2 heterocycles. The number of nitrogens with zero attached hydrogens (tertiary/aromatic N) is 2. The van der Waals surface area contributed by atoms with Crippen LogP contribution in [0.5, 0.6) is 0 Å². The van der Waals surface area contributed by atoms with Crippen LogP contribution in [0.2, 0.25) is 0 Å². The van der Waals surface area contributed by atoms with Gasteiger partial charge in [0.25, 0.3) is 5.91 Å². The van der Waals surface area contributed by atoms with Gasteiger partial charge in [-0.3, -0.25) is 19.3 Å². The molecule has 8 heteroatoms. The normalized spacial score (nSPS) is 17.9. The number of amides is 3. The van der Waals surface area contributed by atoms with Gasteiger partial charge in [-0.15, -0.1) is 0 Å². The highest BCUT2D eigenvalue weighted by Crippen LogP contribution is 2.26. The molecule has 1 saturated heterocycles. The highest BCUT2D eigenvalue weighted by atomic mass is 127. The van der Waals surface area contributed by atoms with Gasteiger partial charge in [0.2, 0.25) is 11.8 Å². The minimum Gasteiger partial charge on any atom is -0.336 e. The van der Waals surface area contributed by atoms with Crippen molar-refractivity contribution in [3.8, 4) is 0 Å². The fourth-order valence-electron chi connectivity index (χ4n) is 2.13. The first-order chi connectivity index (χ1) is 10.1. The summed E-state index contributed by atoms with van der Waals surface area (Å²) in [6.45, 7) is 7.05. The Hall–Kier alpha value is -1.71. The second-order valence-electron chi connectivity index (χ2n) is 6.05. The topological polar surface area (TPSA) is 95.2 Å². The van der Waals surface area contributed by atoms with E-state index in [1.165, 1.54) is 13.0 Å². The Morgan fingerprint density at radius 2 is 2.00 bits per heavy atom. The minimum atomic E-state index is -0.523. The van der Waals surface area contributed by atoms with E-state index in [4.69, 9.17) is 0 Å². The van der Waals surface area contributed by atoms with Crippen LogP contribution in [-0.2, 0) is 19.8 Å². The zero-order chi connectivity index (χ0) is 16.7. The van der Waals surface area contributed by atoms with E-state index in [1.54, 1.807) is 0 Å². The van der Waals surface area contributed by atoms with Crippen LogP contribution in [0.4, 0.5) is 0 Å². The molecular formula is C14H17IN4O3. The number of hydrogen-bond donors (Lipinski definition) is 2. The number of aromatic nitrogens is 2. The second kappa shape index (κ2) is 5.82. The van der Waals surface area contributed by atoms with Gasteiger partial charge in [-0.25, -0.2) is 4.98 Å². The first-order valence-electron chi connectivity index (χ1n) is 6.69. The molecule has 7 nitrogen and oxygen atoms in total. The molecule has 1 aliphatic heterocycles. The summed E-state index contributed by atoms with van der Waals surface area (Å²) < 4.78 is 0.687. The van der Waals surface area contributed by atoms with Gasteiger partial charge in [-0.05, 0) is 28.7 Å². The highest BCUT2D eigenvalue weighted by molar-refractivity contribution is 14.1. The number of carbonyl (C=O) groups is 3. The van der Waals surface area contributed by atoms with E-state index >= 15 is 0 Å². The third kappa shape index (κ3) is 3.37. The zero-order valence-corrected chi connectivity index (χ0v) is 14.9. The van der Waals surface area contributed by atoms with E-state index < -0.39 is 17.7 Å². The van der Waals surface area contributed by atoms with E-state index in [0.717, 1.165) is 10.6 Å². The molecule has 22 heavy (non-hydrogen) atoms. The third-order valence-electron chi connectivity index (χ3n) is 3.17. The lowest BCUT2D eigenvalue weighted by Gasteiger charge is -2.25. The van der Waals surface area contributed by atoms with E-state index in [2.05, 4.69) is 37.9 Å². The molecule has 0 atom stereocenters. The summed E-state index contributed by atoms with van der Waals surface area (Å²) in [5, 5.41) is 2.51. The van der Waals surface area contributed by atoms with Crippen LogP contribution in [-0.4, -0.2) is 39.1 Å². The molecule has 1 aliphatic rings. The van der Waals surface area contributed by atoms with E-state index in [9.17, 15) is 14.4 Å². The highest BCUT2D eigenvalue weighted by Gasteiger charge is 2.31. The Balaban J connectivity index is 2.46. The molecule has 0 aromatic carbocycles. The molecule has 0 bridgehead atoms. The van der Waals surface area contributed by atoms with Crippen molar-refractivity contribution in [3.05, 3.63) is 20.9 Å². The number of imide groups is 1. The van der Waals surface area contributed by atoms with Crippen molar-refractivity contribution in [3.63, 3.8) is 0 Å². The molecule has 2 N–H and O–H groups in total. The molecule has 0 aliphatic carbocycles. The van der Waals surface area contributed by atoms with E-state index in [1.807, 2.05) is 20.8 Å². The quantitative estimate of drug-likeness (QED) is 0.531. The molecule has 118 valence electrons. The Labute approximate surface area is 141 Å². The SMILES string of the molecule is CC(=O)N1CC(=O)NC(=Cc2nc(I)[nH]c2C(C)(C)C)C1=O. The molecule has 1 fully saturated rings. The zero-order valence-electron chi connectivity index (χ0n) is 12.8. The van der Waals surface area contributed by atoms with Crippen LogP contribution in [0.15, 0.2) is 5.70 Å². The number of hydrogen-bond acceptors (Lipinski definition) is 4. The Bertz CT molecular complexity index is 685. The monoisotopic (exact) mass is 416 g/mol. The van der Waals surface area contributed by atoms with Gasteiger partial charge < -0.3 is 10.3 Å².